The maximum Gasteiger partial charge on any atom is 0.245 e. The van der Waals surface area contributed by atoms with E-state index in [1.54, 1.807) is 0 Å². The number of hydrogen-bond acceptors (Lipinski definition) is 5. The molecule has 3 rings (SSSR count). The first-order valence-electron chi connectivity index (χ1n) is 6.63. The molecule has 0 spiro atoms. The largest absolute Gasteiger partial charge is 0.452 e. The summed E-state index contributed by atoms with van der Waals surface area (Å²) in [5, 5.41) is 0. The zero-order chi connectivity index (χ0) is 14.3. The fraction of sp³-hybridized carbons (Fsp3) is 0.667. The minimum atomic E-state index is -3.63. The quantitative estimate of drug-likeness (QED) is 0.821. The van der Waals surface area contributed by atoms with Gasteiger partial charge in [0, 0.05) is 12.7 Å². The van der Waals surface area contributed by atoms with Crippen LogP contribution < -0.4 is 10.5 Å². The number of sulfonamides is 1. The molecular weight excluding hydrogens is 348 g/mol. The van der Waals surface area contributed by atoms with Gasteiger partial charge in [0.25, 0.3) is 0 Å². The molecule has 0 bridgehead atoms. The highest BCUT2D eigenvalue weighted by molar-refractivity contribution is 9.10. The van der Waals surface area contributed by atoms with Crippen LogP contribution in [0.2, 0.25) is 0 Å². The summed E-state index contributed by atoms with van der Waals surface area (Å²) < 4.78 is 38.7. The lowest BCUT2D eigenvalue weighted by atomic mass is 10.1. The van der Waals surface area contributed by atoms with E-state index in [4.69, 9.17) is 14.9 Å². The number of hydrogen-bond donors (Lipinski definition) is 2. The van der Waals surface area contributed by atoms with Crippen molar-refractivity contribution in [1.29, 1.82) is 0 Å². The van der Waals surface area contributed by atoms with E-state index in [9.17, 15) is 8.42 Å². The standard InChI is InChI=1S/C12H17BrN2O4S/c13-12-10(5-8(6-14)19-12)20(16,17)15-9-3-4-18-11(9)7-1-2-7/h5,7,9,11,15H,1-4,6,14H2. The van der Waals surface area contributed by atoms with Gasteiger partial charge in [-0.05, 0) is 41.1 Å². The predicted molar refractivity (Wildman–Crippen MR) is 75.5 cm³/mol. The molecule has 0 aromatic carbocycles. The van der Waals surface area contributed by atoms with Crippen LogP contribution in [-0.4, -0.2) is 27.2 Å². The Morgan fingerprint density at radius 2 is 2.15 bits per heavy atom. The zero-order valence-corrected chi connectivity index (χ0v) is 13.2. The van der Waals surface area contributed by atoms with Gasteiger partial charge in [0.2, 0.25) is 10.0 Å². The third kappa shape index (κ3) is 2.80. The molecule has 1 saturated heterocycles. The molecule has 1 aromatic rings. The first-order valence-corrected chi connectivity index (χ1v) is 8.91. The van der Waals surface area contributed by atoms with Crippen LogP contribution >= 0.6 is 15.9 Å². The van der Waals surface area contributed by atoms with Crippen molar-refractivity contribution < 1.29 is 17.6 Å². The maximum absolute atomic E-state index is 12.4. The molecule has 1 aromatic heterocycles. The minimum absolute atomic E-state index is 0.00410. The highest BCUT2D eigenvalue weighted by Gasteiger charge is 2.42. The van der Waals surface area contributed by atoms with Crippen molar-refractivity contribution in [1.82, 2.24) is 4.72 Å². The smallest absolute Gasteiger partial charge is 0.245 e. The van der Waals surface area contributed by atoms with Gasteiger partial charge in [-0.25, -0.2) is 13.1 Å². The number of ether oxygens (including phenoxy) is 1. The van der Waals surface area contributed by atoms with Gasteiger partial charge < -0.3 is 14.9 Å². The maximum atomic E-state index is 12.4. The molecule has 0 radical (unpaired) electrons. The molecular formula is C12H17BrN2O4S. The fourth-order valence-corrected chi connectivity index (χ4v) is 4.85. The van der Waals surface area contributed by atoms with Crippen LogP contribution in [0.15, 0.2) is 20.0 Å². The highest BCUT2D eigenvalue weighted by Crippen LogP contribution is 2.39. The molecule has 1 saturated carbocycles. The first-order chi connectivity index (χ1) is 9.51. The molecule has 0 amide bonds. The fourth-order valence-electron chi connectivity index (χ4n) is 2.57. The van der Waals surface area contributed by atoms with Crippen LogP contribution in [0.5, 0.6) is 0 Å². The third-order valence-corrected chi connectivity index (χ3v) is 6.07. The van der Waals surface area contributed by atoms with Gasteiger partial charge in [-0.2, -0.15) is 0 Å². The van der Waals surface area contributed by atoms with Crippen LogP contribution in [-0.2, 0) is 21.3 Å². The van der Waals surface area contributed by atoms with Gasteiger partial charge in [0.1, 0.15) is 10.7 Å². The van der Waals surface area contributed by atoms with Gasteiger partial charge in [0.15, 0.2) is 4.67 Å². The predicted octanol–water partition coefficient (Wildman–Crippen LogP) is 1.35. The van der Waals surface area contributed by atoms with Crippen molar-refractivity contribution in [2.75, 3.05) is 6.61 Å². The van der Waals surface area contributed by atoms with E-state index in [0.29, 0.717) is 24.7 Å². The molecule has 2 aliphatic rings. The summed E-state index contributed by atoms with van der Waals surface area (Å²) in [5.41, 5.74) is 5.46. The average Bonchev–Trinajstić information content (AvgIpc) is 3.01. The summed E-state index contributed by atoms with van der Waals surface area (Å²) in [7, 11) is -3.63. The van der Waals surface area contributed by atoms with Crippen molar-refractivity contribution in [2.24, 2.45) is 11.7 Å². The van der Waals surface area contributed by atoms with Crippen LogP contribution in [0.1, 0.15) is 25.0 Å². The van der Waals surface area contributed by atoms with Crippen LogP contribution in [0.3, 0.4) is 0 Å². The van der Waals surface area contributed by atoms with Gasteiger partial charge in [-0.1, -0.05) is 0 Å². The summed E-state index contributed by atoms with van der Waals surface area (Å²) in [4.78, 5) is 0.0967. The lowest BCUT2D eigenvalue weighted by Crippen LogP contribution is -2.41. The summed E-state index contributed by atoms with van der Waals surface area (Å²) >= 11 is 3.13. The molecule has 2 fully saturated rings. The Kier molecular flexibility index (Phi) is 3.93. The number of nitrogens with one attached hydrogen (secondary N) is 1. The van der Waals surface area contributed by atoms with E-state index in [2.05, 4.69) is 20.7 Å². The van der Waals surface area contributed by atoms with Gasteiger partial charge in [-0.15, -0.1) is 0 Å². The molecule has 3 N–H and O–H groups in total. The van der Waals surface area contributed by atoms with E-state index in [1.807, 2.05) is 0 Å². The van der Waals surface area contributed by atoms with Crippen LogP contribution in [0, 0.1) is 5.92 Å². The summed E-state index contributed by atoms with van der Waals surface area (Å²) in [5.74, 6) is 0.927. The number of nitrogens with two attached hydrogens (primary N) is 1. The first kappa shape index (κ1) is 14.5. The van der Waals surface area contributed by atoms with Crippen molar-refractivity contribution in [3.8, 4) is 0 Å². The molecule has 2 heterocycles. The van der Waals surface area contributed by atoms with E-state index >= 15 is 0 Å². The monoisotopic (exact) mass is 364 g/mol. The Morgan fingerprint density at radius 3 is 2.75 bits per heavy atom. The van der Waals surface area contributed by atoms with Gasteiger partial charge in [-0.3, -0.25) is 0 Å². The Hall–Kier alpha value is -0.410. The van der Waals surface area contributed by atoms with Gasteiger partial charge in [0.05, 0.1) is 18.7 Å². The molecule has 6 nitrogen and oxygen atoms in total. The summed E-state index contributed by atoms with van der Waals surface area (Å²) in [6, 6.07) is 1.30. The van der Waals surface area contributed by atoms with Crippen molar-refractivity contribution in [2.45, 2.75) is 42.8 Å². The van der Waals surface area contributed by atoms with E-state index < -0.39 is 10.0 Å². The minimum Gasteiger partial charge on any atom is -0.452 e. The second-order valence-electron chi connectivity index (χ2n) is 5.24. The van der Waals surface area contributed by atoms with Crippen molar-refractivity contribution in [3.63, 3.8) is 0 Å². The Bertz CT molecular complexity index is 597. The van der Waals surface area contributed by atoms with Crippen LogP contribution in [0.25, 0.3) is 0 Å². The molecule has 112 valence electrons. The lowest BCUT2D eigenvalue weighted by molar-refractivity contribution is 0.0848. The van der Waals surface area contributed by atoms with E-state index in [1.165, 1.54) is 6.07 Å². The summed E-state index contributed by atoms with van der Waals surface area (Å²) in [6.45, 7) is 0.764. The molecule has 8 heteroatoms. The third-order valence-electron chi connectivity index (χ3n) is 3.73. The number of rotatable bonds is 5. The van der Waals surface area contributed by atoms with Crippen molar-refractivity contribution in [3.05, 3.63) is 16.5 Å². The molecule has 1 aliphatic heterocycles. The van der Waals surface area contributed by atoms with E-state index in [0.717, 1.165) is 12.8 Å². The second-order valence-corrected chi connectivity index (χ2v) is 7.65. The van der Waals surface area contributed by atoms with Crippen LogP contribution in [0.4, 0.5) is 0 Å². The Morgan fingerprint density at radius 1 is 1.40 bits per heavy atom. The molecule has 20 heavy (non-hydrogen) atoms. The Labute approximate surface area is 126 Å². The Balaban J connectivity index is 1.79. The molecule has 2 unspecified atom stereocenters. The summed E-state index contributed by atoms with van der Waals surface area (Å²) in [6.07, 6.45) is 2.95. The molecule has 2 atom stereocenters. The molecule has 1 aliphatic carbocycles. The highest BCUT2D eigenvalue weighted by atomic mass is 79.9. The second kappa shape index (κ2) is 5.42. The topological polar surface area (TPSA) is 94.6 Å². The number of halogens is 1. The van der Waals surface area contributed by atoms with Gasteiger partial charge >= 0.3 is 0 Å². The average molecular weight is 365 g/mol. The van der Waals surface area contributed by atoms with E-state index in [-0.39, 0.29) is 28.3 Å². The SMILES string of the molecule is NCc1cc(S(=O)(=O)NC2CCOC2C2CC2)c(Br)o1. The zero-order valence-electron chi connectivity index (χ0n) is 10.8. The number of furan rings is 1. The lowest BCUT2D eigenvalue weighted by Gasteiger charge is -2.19. The normalized spacial score (nSPS) is 27.1. The van der Waals surface area contributed by atoms with Crippen molar-refractivity contribution >= 4 is 26.0 Å².